The fraction of sp³-hybridized carbons (Fsp3) is 0.333. The lowest BCUT2D eigenvalue weighted by Gasteiger charge is -2.12. The SMILES string of the molecule is CC(CCc1ccccc1)CC(=O)Nc1ccc(=O)n(C)c1. The highest BCUT2D eigenvalue weighted by Crippen LogP contribution is 2.14. The third-order valence-corrected chi connectivity index (χ3v) is 3.67. The molecule has 1 N–H and O–H groups in total. The number of nitrogens with one attached hydrogen (secondary N) is 1. The fourth-order valence-electron chi connectivity index (χ4n) is 2.36. The zero-order valence-corrected chi connectivity index (χ0v) is 13.1. The van der Waals surface area contributed by atoms with Gasteiger partial charge in [-0.05, 0) is 30.4 Å². The van der Waals surface area contributed by atoms with Crippen LogP contribution in [0.15, 0.2) is 53.5 Å². The summed E-state index contributed by atoms with van der Waals surface area (Å²) < 4.78 is 1.45. The summed E-state index contributed by atoms with van der Waals surface area (Å²) in [7, 11) is 1.67. The van der Waals surface area contributed by atoms with Crippen LogP contribution < -0.4 is 10.9 Å². The van der Waals surface area contributed by atoms with Gasteiger partial charge >= 0.3 is 0 Å². The minimum Gasteiger partial charge on any atom is -0.325 e. The van der Waals surface area contributed by atoms with Crippen LogP contribution in [0.3, 0.4) is 0 Å². The summed E-state index contributed by atoms with van der Waals surface area (Å²) in [5.74, 6) is 0.298. The second-order valence-corrected chi connectivity index (χ2v) is 5.75. The van der Waals surface area contributed by atoms with Crippen LogP contribution in [0.1, 0.15) is 25.3 Å². The van der Waals surface area contributed by atoms with Crippen LogP contribution in [-0.4, -0.2) is 10.5 Å². The molecule has 1 atom stereocenters. The van der Waals surface area contributed by atoms with Crippen molar-refractivity contribution in [2.75, 3.05) is 5.32 Å². The number of anilines is 1. The van der Waals surface area contributed by atoms with E-state index in [9.17, 15) is 9.59 Å². The quantitative estimate of drug-likeness (QED) is 0.891. The maximum absolute atomic E-state index is 12.0. The number of carbonyl (C=O) groups is 1. The Kier molecular flexibility index (Phi) is 5.53. The van der Waals surface area contributed by atoms with Gasteiger partial charge < -0.3 is 9.88 Å². The van der Waals surface area contributed by atoms with Crippen molar-refractivity contribution in [3.63, 3.8) is 0 Å². The Hall–Kier alpha value is -2.36. The first-order valence-electron chi connectivity index (χ1n) is 7.55. The Balaban J connectivity index is 1.81. The van der Waals surface area contributed by atoms with E-state index in [1.807, 2.05) is 18.2 Å². The van der Waals surface area contributed by atoms with Gasteiger partial charge in [0.1, 0.15) is 0 Å². The molecule has 2 rings (SSSR count). The van der Waals surface area contributed by atoms with Crippen molar-refractivity contribution >= 4 is 11.6 Å². The molecule has 4 nitrogen and oxygen atoms in total. The number of benzene rings is 1. The number of hydrogen-bond acceptors (Lipinski definition) is 2. The highest BCUT2D eigenvalue weighted by Gasteiger charge is 2.10. The van der Waals surface area contributed by atoms with Gasteiger partial charge in [-0.3, -0.25) is 9.59 Å². The van der Waals surface area contributed by atoms with E-state index >= 15 is 0 Å². The number of carbonyl (C=O) groups excluding carboxylic acids is 1. The maximum Gasteiger partial charge on any atom is 0.250 e. The summed E-state index contributed by atoms with van der Waals surface area (Å²) >= 11 is 0. The predicted molar refractivity (Wildman–Crippen MR) is 88.9 cm³/mol. The number of nitrogens with zero attached hydrogens (tertiary/aromatic N) is 1. The van der Waals surface area contributed by atoms with Gasteiger partial charge in [0.25, 0.3) is 0 Å². The number of hydrogen-bond donors (Lipinski definition) is 1. The van der Waals surface area contributed by atoms with Gasteiger partial charge in [-0.25, -0.2) is 0 Å². The van der Waals surface area contributed by atoms with Crippen LogP contribution in [0, 0.1) is 5.92 Å². The van der Waals surface area contributed by atoms with Crippen LogP contribution in [0.25, 0.3) is 0 Å². The number of rotatable bonds is 6. The molecule has 116 valence electrons. The van der Waals surface area contributed by atoms with Crippen molar-refractivity contribution < 1.29 is 4.79 Å². The molecule has 0 radical (unpaired) electrons. The smallest absolute Gasteiger partial charge is 0.250 e. The summed E-state index contributed by atoms with van der Waals surface area (Å²) in [4.78, 5) is 23.3. The van der Waals surface area contributed by atoms with E-state index in [0.29, 0.717) is 18.0 Å². The number of pyridine rings is 1. The van der Waals surface area contributed by atoms with Crippen LogP contribution >= 0.6 is 0 Å². The molecule has 1 unspecified atom stereocenters. The average molecular weight is 298 g/mol. The van der Waals surface area contributed by atoms with E-state index in [-0.39, 0.29) is 11.5 Å². The molecule has 0 saturated carbocycles. The largest absolute Gasteiger partial charge is 0.325 e. The molecule has 0 spiro atoms. The third kappa shape index (κ3) is 4.88. The molecule has 1 amide bonds. The Morgan fingerprint density at radius 1 is 1.18 bits per heavy atom. The molecule has 0 aliphatic carbocycles. The second kappa shape index (κ2) is 7.59. The molecule has 0 aliphatic rings. The zero-order valence-electron chi connectivity index (χ0n) is 13.1. The Morgan fingerprint density at radius 2 is 1.91 bits per heavy atom. The summed E-state index contributed by atoms with van der Waals surface area (Å²) in [5.41, 5.74) is 1.87. The molecule has 1 aromatic heterocycles. The highest BCUT2D eigenvalue weighted by molar-refractivity contribution is 5.90. The van der Waals surface area contributed by atoms with Crippen LogP contribution in [0.2, 0.25) is 0 Å². The molecular weight excluding hydrogens is 276 g/mol. The van der Waals surface area contributed by atoms with Crippen molar-refractivity contribution in [1.29, 1.82) is 0 Å². The minimum atomic E-state index is -0.0887. The van der Waals surface area contributed by atoms with Gasteiger partial charge in [0, 0.05) is 25.7 Å². The molecule has 1 heterocycles. The molecule has 1 aromatic carbocycles. The van der Waals surface area contributed by atoms with Crippen LogP contribution in [-0.2, 0) is 18.3 Å². The lowest BCUT2D eigenvalue weighted by molar-refractivity contribution is -0.117. The van der Waals surface area contributed by atoms with Gasteiger partial charge in [-0.2, -0.15) is 0 Å². The van der Waals surface area contributed by atoms with Gasteiger partial charge in [0.05, 0.1) is 5.69 Å². The van der Waals surface area contributed by atoms with Crippen LogP contribution in [0.5, 0.6) is 0 Å². The first kappa shape index (κ1) is 16.0. The van der Waals surface area contributed by atoms with E-state index in [4.69, 9.17) is 0 Å². The van der Waals surface area contributed by atoms with Crippen molar-refractivity contribution in [2.45, 2.75) is 26.2 Å². The molecule has 0 fully saturated rings. The topological polar surface area (TPSA) is 51.1 Å². The van der Waals surface area contributed by atoms with Crippen LogP contribution in [0.4, 0.5) is 5.69 Å². The first-order valence-corrected chi connectivity index (χ1v) is 7.55. The van der Waals surface area contributed by atoms with Crippen molar-refractivity contribution in [3.8, 4) is 0 Å². The van der Waals surface area contributed by atoms with Gasteiger partial charge in [-0.1, -0.05) is 37.3 Å². The Morgan fingerprint density at radius 3 is 2.59 bits per heavy atom. The zero-order chi connectivity index (χ0) is 15.9. The lowest BCUT2D eigenvalue weighted by Crippen LogP contribution is -2.19. The fourth-order valence-corrected chi connectivity index (χ4v) is 2.36. The van der Waals surface area contributed by atoms with Crippen molar-refractivity contribution in [3.05, 3.63) is 64.6 Å². The molecule has 0 saturated heterocycles. The van der Waals surface area contributed by atoms with Crippen molar-refractivity contribution in [2.24, 2.45) is 13.0 Å². The lowest BCUT2D eigenvalue weighted by atomic mass is 9.98. The molecule has 2 aromatic rings. The average Bonchev–Trinajstić information content (AvgIpc) is 2.50. The first-order chi connectivity index (χ1) is 10.5. The second-order valence-electron chi connectivity index (χ2n) is 5.75. The number of amides is 1. The number of aromatic nitrogens is 1. The summed E-state index contributed by atoms with van der Waals surface area (Å²) in [5, 5.41) is 2.84. The molecule has 0 aliphatic heterocycles. The number of aryl methyl sites for hydroxylation is 2. The van der Waals surface area contributed by atoms with Gasteiger partial charge in [0.2, 0.25) is 11.5 Å². The summed E-state index contributed by atoms with van der Waals surface area (Å²) in [6, 6.07) is 13.4. The minimum absolute atomic E-state index is 0.0146. The van der Waals surface area contributed by atoms with E-state index in [2.05, 4.69) is 24.4 Å². The van der Waals surface area contributed by atoms with Crippen molar-refractivity contribution in [1.82, 2.24) is 4.57 Å². The molecule has 4 heteroatoms. The van der Waals surface area contributed by atoms with E-state index in [0.717, 1.165) is 12.8 Å². The Labute approximate surface area is 130 Å². The summed E-state index contributed by atoms with van der Waals surface area (Å²) in [6.07, 6.45) is 4.07. The Bertz CT molecular complexity index is 677. The predicted octanol–water partition coefficient (Wildman–Crippen LogP) is 2.98. The standard InChI is InChI=1S/C18H22N2O2/c1-14(8-9-15-6-4-3-5-7-15)12-17(21)19-16-10-11-18(22)20(2)13-16/h3-7,10-11,13-14H,8-9,12H2,1-2H3,(H,19,21). The molecule has 22 heavy (non-hydrogen) atoms. The molecular formula is C18H22N2O2. The highest BCUT2D eigenvalue weighted by atomic mass is 16.1. The van der Waals surface area contributed by atoms with Gasteiger partial charge in [-0.15, -0.1) is 0 Å². The maximum atomic E-state index is 12.0. The normalized spacial score (nSPS) is 11.9. The van der Waals surface area contributed by atoms with E-state index in [1.54, 1.807) is 19.3 Å². The monoisotopic (exact) mass is 298 g/mol. The van der Waals surface area contributed by atoms with Gasteiger partial charge in [0.15, 0.2) is 0 Å². The van der Waals surface area contributed by atoms with E-state index in [1.165, 1.54) is 16.2 Å². The van der Waals surface area contributed by atoms with E-state index < -0.39 is 0 Å². The third-order valence-electron chi connectivity index (χ3n) is 3.67. The molecule has 0 bridgehead atoms. The summed E-state index contributed by atoms with van der Waals surface area (Å²) in [6.45, 7) is 2.09.